The fraction of sp³-hybridized carbons (Fsp3) is 0.364. The van der Waals surface area contributed by atoms with E-state index in [-0.39, 0.29) is 23.2 Å². The molecule has 2 aliphatic heterocycles. The van der Waals surface area contributed by atoms with Gasteiger partial charge in [0.05, 0.1) is 16.9 Å². The number of carbonyl (C=O) groups excluding carboxylic acids is 1. The summed E-state index contributed by atoms with van der Waals surface area (Å²) in [4.78, 5) is 19.4. The second kappa shape index (κ2) is 5.93. The van der Waals surface area contributed by atoms with Crippen molar-refractivity contribution in [3.63, 3.8) is 0 Å². The second-order valence-electron chi connectivity index (χ2n) is 8.32. The van der Waals surface area contributed by atoms with Crippen LogP contribution in [0.2, 0.25) is 0 Å². The third kappa shape index (κ3) is 2.82. The minimum atomic E-state index is -4.45. The van der Waals surface area contributed by atoms with Gasteiger partial charge in [-0.05, 0) is 62.9 Å². The number of amides is 1. The fourth-order valence-corrected chi connectivity index (χ4v) is 4.45. The number of nitrogens with zero attached hydrogens (tertiary/aromatic N) is 2. The number of anilines is 1. The van der Waals surface area contributed by atoms with Gasteiger partial charge in [-0.1, -0.05) is 24.6 Å². The topological polar surface area (TPSA) is 32.7 Å². The largest absolute Gasteiger partial charge is 0.416 e. The van der Waals surface area contributed by atoms with Gasteiger partial charge < -0.3 is 4.90 Å². The van der Waals surface area contributed by atoms with Gasteiger partial charge in [0, 0.05) is 11.1 Å². The highest BCUT2D eigenvalue weighted by molar-refractivity contribution is 6.55. The molecule has 0 aliphatic carbocycles. The van der Waals surface area contributed by atoms with E-state index in [1.807, 2.05) is 26.8 Å². The molecule has 3 nitrogen and oxygen atoms in total. The Hall–Kier alpha value is -2.63. The number of hydrogen-bond acceptors (Lipinski definition) is 2. The van der Waals surface area contributed by atoms with Crippen molar-refractivity contribution in [3.8, 4) is 0 Å². The maximum atomic E-state index is 13.3. The van der Waals surface area contributed by atoms with Crippen molar-refractivity contribution in [1.29, 1.82) is 0 Å². The SMILES string of the molecule is Cc1cc2c3c(c1)[C@H](C)CC(C)(C)N3C(=O)C2=Nc1cccc(C(F)(F)F)c1. The molecule has 0 fully saturated rings. The fourth-order valence-electron chi connectivity index (χ4n) is 4.45. The summed E-state index contributed by atoms with van der Waals surface area (Å²) in [5.74, 6) is 0.0248. The van der Waals surface area contributed by atoms with Crippen LogP contribution in [0.1, 0.15) is 55.4 Å². The molecule has 0 radical (unpaired) electrons. The van der Waals surface area contributed by atoms with Crippen LogP contribution < -0.4 is 4.90 Å². The Kier molecular flexibility index (Phi) is 3.97. The highest BCUT2D eigenvalue weighted by atomic mass is 19.4. The number of aryl methyl sites for hydroxylation is 1. The molecule has 1 amide bonds. The normalized spacial score (nSPS) is 22.0. The third-order valence-corrected chi connectivity index (χ3v) is 5.52. The van der Waals surface area contributed by atoms with Crippen molar-refractivity contribution in [2.24, 2.45) is 4.99 Å². The quantitative estimate of drug-likeness (QED) is 0.613. The molecule has 0 saturated carbocycles. The Morgan fingerprint density at radius 3 is 2.57 bits per heavy atom. The highest BCUT2D eigenvalue weighted by Gasteiger charge is 2.48. The zero-order valence-electron chi connectivity index (χ0n) is 16.2. The number of aliphatic imine (C=N–C) groups is 1. The lowest BCUT2D eigenvalue weighted by molar-refractivity contribution is -0.137. The molecule has 2 aromatic carbocycles. The van der Waals surface area contributed by atoms with Crippen LogP contribution in [0.25, 0.3) is 0 Å². The lowest BCUT2D eigenvalue weighted by Crippen LogP contribution is -2.50. The lowest BCUT2D eigenvalue weighted by Gasteiger charge is -2.43. The minimum absolute atomic E-state index is 0.124. The Bertz CT molecular complexity index is 1020. The van der Waals surface area contributed by atoms with Crippen molar-refractivity contribution in [1.82, 2.24) is 0 Å². The number of carbonyl (C=O) groups is 1. The zero-order valence-corrected chi connectivity index (χ0v) is 16.2. The monoisotopic (exact) mass is 386 g/mol. The number of benzene rings is 2. The maximum absolute atomic E-state index is 13.3. The van der Waals surface area contributed by atoms with Gasteiger partial charge in [0.2, 0.25) is 0 Å². The number of alkyl halides is 3. The molecule has 0 saturated heterocycles. The van der Waals surface area contributed by atoms with E-state index >= 15 is 0 Å². The number of rotatable bonds is 1. The molecule has 2 aliphatic rings. The summed E-state index contributed by atoms with van der Waals surface area (Å²) in [6.07, 6.45) is -3.64. The Morgan fingerprint density at radius 1 is 1.18 bits per heavy atom. The Labute approximate surface area is 161 Å². The zero-order chi connectivity index (χ0) is 20.4. The number of hydrogen-bond donors (Lipinski definition) is 0. The molecule has 1 atom stereocenters. The summed E-state index contributed by atoms with van der Waals surface area (Å²) in [7, 11) is 0. The minimum Gasteiger partial charge on any atom is -0.300 e. The van der Waals surface area contributed by atoms with Crippen LogP contribution in [0.4, 0.5) is 24.5 Å². The van der Waals surface area contributed by atoms with E-state index in [0.29, 0.717) is 5.56 Å². The first-order valence-electron chi connectivity index (χ1n) is 9.24. The summed E-state index contributed by atoms with van der Waals surface area (Å²) in [6.45, 7) is 8.13. The average molecular weight is 386 g/mol. The van der Waals surface area contributed by atoms with E-state index in [1.54, 1.807) is 4.90 Å². The summed E-state index contributed by atoms with van der Waals surface area (Å²) >= 11 is 0. The highest BCUT2D eigenvalue weighted by Crippen LogP contribution is 2.49. The van der Waals surface area contributed by atoms with E-state index in [1.165, 1.54) is 12.1 Å². The van der Waals surface area contributed by atoms with Crippen LogP contribution in [0.5, 0.6) is 0 Å². The summed E-state index contributed by atoms with van der Waals surface area (Å²) in [5.41, 5.74) is 2.82. The molecule has 6 heteroatoms. The van der Waals surface area contributed by atoms with Crippen molar-refractivity contribution >= 4 is 23.0 Å². The predicted molar refractivity (Wildman–Crippen MR) is 103 cm³/mol. The van der Waals surface area contributed by atoms with Crippen molar-refractivity contribution in [2.75, 3.05) is 4.90 Å². The Balaban J connectivity index is 1.92. The van der Waals surface area contributed by atoms with Gasteiger partial charge in [0.15, 0.2) is 0 Å². The predicted octanol–water partition coefficient (Wildman–Crippen LogP) is 5.77. The molecule has 4 rings (SSSR count). The molecule has 28 heavy (non-hydrogen) atoms. The van der Waals surface area contributed by atoms with Crippen LogP contribution in [0.3, 0.4) is 0 Å². The van der Waals surface area contributed by atoms with E-state index < -0.39 is 17.3 Å². The van der Waals surface area contributed by atoms with Gasteiger partial charge in [0.25, 0.3) is 5.91 Å². The van der Waals surface area contributed by atoms with Gasteiger partial charge in [-0.2, -0.15) is 13.2 Å². The molecule has 0 spiro atoms. The standard InChI is InChI=1S/C22H21F3N2O/c1-12-8-16-13(2)11-21(3,4)27-19(16)17(9-12)18(20(27)28)26-15-7-5-6-14(10-15)22(23,24)25/h5-10,13H,11H2,1-4H3/t13-/m1/s1. The van der Waals surface area contributed by atoms with Gasteiger partial charge in [-0.25, -0.2) is 4.99 Å². The van der Waals surface area contributed by atoms with Crippen LogP contribution in [0, 0.1) is 6.92 Å². The first kappa shape index (κ1) is 18.7. The second-order valence-corrected chi connectivity index (χ2v) is 8.32. The molecule has 0 aromatic heterocycles. The number of halogens is 3. The van der Waals surface area contributed by atoms with Crippen LogP contribution in [0.15, 0.2) is 41.4 Å². The summed E-state index contributed by atoms with van der Waals surface area (Å²) in [6, 6.07) is 8.77. The molecule has 146 valence electrons. The molecular weight excluding hydrogens is 365 g/mol. The van der Waals surface area contributed by atoms with Crippen LogP contribution in [-0.2, 0) is 11.0 Å². The molecular formula is C22H21F3N2O. The van der Waals surface area contributed by atoms with Crippen LogP contribution >= 0.6 is 0 Å². The van der Waals surface area contributed by atoms with E-state index in [4.69, 9.17) is 0 Å². The van der Waals surface area contributed by atoms with E-state index in [2.05, 4.69) is 18.0 Å². The molecule has 2 aromatic rings. The first-order valence-corrected chi connectivity index (χ1v) is 9.24. The van der Waals surface area contributed by atoms with Gasteiger partial charge in [-0.3, -0.25) is 4.79 Å². The molecule has 0 bridgehead atoms. The first-order chi connectivity index (χ1) is 13.0. The van der Waals surface area contributed by atoms with Crippen molar-refractivity contribution in [3.05, 3.63) is 58.7 Å². The smallest absolute Gasteiger partial charge is 0.300 e. The Morgan fingerprint density at radius 2 is 1.89 bits per heavy atom. The molecule has 0 N–H and O–H groups in total. The van der Waals surface area contributed by atoms with Crippen LogP contribution in [-0.4, -0.2) is 17.2 Å². The third-order valence-electron chi connectivity index (χ3n) is 5.52. The lowest BCUT2D eigenvalue weighted by atomic mass is 9.80. The van der Waals surface area contributed by atoms with Gasteiger partial charge in [0.1, 0.15) is 5.71 Å². The molecule has 0 unspecified atom stereocenters. The van der Waals surface area contributed by atoms with Crippen molar-refractivity contribution < 1.29 is 18.0 Å². The molecule has 2 heterocycles. The van der Waals surface area contributed by atoms with Gasteiger partial charge >= 0.3 is 6.18 Å². The average Bonchev–Trinajstić information content (AvgIpc) is 2.85. The maximum Gasteiger partial charge on any atom is 0.416 e. The summed E-state index contributed by atoms with van der Waals surface area (Å²) in [5, 5.41) is 0. The van der Waals surface area contributed by atoms with Crippen molar-refractivity contribution in [2.45, 2.75) is 51.7 Å². The van der Waals surface area contributed by atoms with E-state index in [0.717, 1.165) is 35.4 Å². The summed E-state index contributed by atoms with van der Waals surface area (Å²) < 4.78 is 39.1. The van der Waals surface area contributed by atoms with E-state index in [9.17, 15) is 18.0 Å². The van der Waals surface area contributed by atoms with Gasteiger partial charge in [-0.15, -0.1) is 0 Å².